The van der Waals surface area contributed by atoms with E-state index in [0.29, 0.717) is 6.42 Å². The van der Waals surface area contributed by atoms with Crippen molar-refractivity contribution in [2.45, 2.75) is 32.9 Å². The summed E-state index contributed by atoms with van der Waals surface area (Å²) in [5, 5.41) is 11.6. The van der Waals surface area contributed by atoms with Crippen LogP contribution in [-0.4, -0.2) is 23.8 Å². The molecule has 4 heteroatoms. The molecule has 0 spiro atoms. The van der Waals surface area contributed by atoms with Gasteiger partial charge in [-0.25, -0.2) is 4.79 Å². The number of hydrogen-bond acceptors (Lipinski definition) is 3. The number of rotatable bonds is 6. The molecule has 2 N–H and O–H groups in total. The van der Waals surface area contributed by atoms with Gasteiger partial charge in [0, 0.05) is 12.6 Å². The van der Waals surface area contributed by atoms with Gasteiger partial charge in [-0.1, -0.05) is 37.3 Å². The van der Waals surface area contributed by atoms with E-state index in [2.05, 4.69) is 5.32 Å². The van der Waals surface area contributed by atoms with E-state index in [4.69, 9.17) is 9.84 Å². The molecule has 0 aliphatic rings. The summed E-state index contributed by atoms with van der Waals surface area (Å²) in [6.07, 6.45) is 0.247. The Labute approximate surface area is 108 Å². The zero-order chi connectivity index (χ0) is 13.4. The van der Waals surface area contributed by atoms with Crippen LogP contribution in [0.2, 0.25) is 0 Å². The number of benzene rings is 1. The molecular weight excluding hydrogens is 230 g/mol. The van der Waals surface area contributed by atoms with Crippen molar-refractivity contribution in [2.75, 3.05) is 6.61 Å². The highest BCUT2D eigenvalue weighted by atomic mass is 16.5. The van der Waals surface area contributed by atoms with Crippen molar-refractivity contribution >= 4 is 6.09 Å². The van der Waals surface area contributed by atoms with E-state index in [1.807, 2.05) is 44.2 Å². The minimum Gasteiger partial charge on any atom is -0.445 e. The number of aliphatic hydroxyl groups excluding tert-OH is 1. The van der Waals surface area contributed by atoms with Gasteiger partial charge in [0.15, 0.2) is 0 Å². The van der Waals surface area contributed by atoms with Crippen molar-refractivity contribution in [3.05, 3.63) is 35.9 Å². The fourth-order valence-corrected chi connectivity index (χ4v) is 1.55. The smallest absolute Gasteiger partial charge is 0.407 e. The van der Waals surface area contributed by atoms with Gasteiger partial charge in [0.25, 0.3) is 0 Å². The van der Waals surface area contributed by atoms with Crippen LogP contribution >= 0.6 is 0 Å². The van der Waals surface area contributed by atoms with Crippen molar-refractivity contribution in [3.63, 3.8) is 0 Å². The molecule has 0 bridgehead atoms. The van der Waals surface area contributed by atoms with E-state index in [9.17, 15) is 4.79 Å². The van der Waals surface area contributed by atoms with Crippen molar-refractivity contribution < 1.29 is 14.6 Å². The third-order valence-electron chi connectivity index (χ3n) is 3.00. The lowest BCUT2D eigenvalue weighted by Gasteiger charge is -2.20. The van der Waals surface area contributed by atoms with E-state index in [0.717, 1.165) is 5.56 Å². The molecule has 0 saturated heterocycles. The molecule has 4 nitrogen and oxygen atoms in total. The van der Waals surface area contributed by atoms with Gasteiger partial charge in [-0.3, -0.25) is 0 Å². The molecular formula is C14H21NO3. The predicted molar refractivity (Wildman–Crippen MR) is 70.1 cm³/mol. The Bertz CT molecular complexity index is 353. The molecule has 1 amide bonds. The van der Waals surface area contributed by atoms with Gasteiger partial charge in [-0.2, -0.15) is 0 Å². The fraction of sp³-hybridized carbons (Fsp3) is 0.500. The van der Waals surface area contributed by atoms with Crippen molar-refractivity contribution in [1.82, 2.24) is 5.32 Å². The fourth-order valence-electron chi connectivity index (χ4n) is 1.55. The molecule has 1 rings (SSSR count). The number of carbonyl (C=O) groups excluding carboxylic acids is 1. The van der Waals surface area contributed by atoms with E-state index in [1.165, 1.54) is 0 Å². The van der Waals surface area contributed by atoms with Crippen LogP contribution < -0.4 is 5.32 Å². The Morgan fingerprint density at radius 2 is 2.00 bits per heavy atom. The number of nitrogens with one attached hydrogen (secondary N) is 1. The summed E-state index contributed by atoms with van der Waals surface area (Å²) in [5.74, 6) is 0.222. The quantitative estimate of drug-likeness (QED) is 0.815. The first kappa shape index (κ1) is 14.5. The molecule has 2 atom stereocenters. The SMILES string of the molecule is C[C@H](CCO)[C@H](C)NC(=O)OCc1ccccc1. The maximum absolute atomic E-state index is 11.5. The topological polar surface area (TPSA) is 58.6 Å². The molecule has 1 aromatic rings. The Morgan fingerprint density at radius 3 is 2.61 bits per heavy atom. The second-order valence-corrected chi connectivity index (χ2v) is 4.48. The molecule has 0 radical (unpaired) electrons. The van der Waals surface area contributed by atoms with E-state index in [1.54, 1.807) is 0 Å². The van der Waals surface area contributed by atoms with Crippen LogP contribution in [0.1, 0.15) is 25.8 Å². The largest absolute Gasteiger partial charge is 0.445 e. The zero-order valence-electron chi connectivity index (χ0n) is 10.9. The Kier molecular flexibility index (Phi) is 6.22. The molecule has 0 aliphatic carbocycles. The summed E-state index contributed by atoms with van der Waals surface area (Å²) in [4.78, 5) is 11.5. The minimum atomic E-state index is -0.420. The first-order valence-electron chi connectivity index (χ1n) is 6.21. The average Bonchev–Trinajstić information content (AvgIpc) is 2.38. The van der Waals surface area contributed by atoms with Crippen molar-refractivity contribution in [2.24, 2.45) is 5.92 Å². The Morgan fingerprint density at radius 1 is 1.33 bits per heavy atom. The normalized spacial score (nSPS) is 13.7. The number of amides is 1. The molecule has 0 saturated carbocycles. The number of ether oxygens (including phenoxy) is 1. The van der Waals surface area contributed by atoms with Crippen LogP contribution in [-0.2, 0) is 11.3 Å². The summed E-state index contributed by atoms with van der Waals surface area (Å²) in [6, 6.07) is 9.53. The Balaban J connectivity index is 2.29. The Hall–Kier alpha value is -1.55. The predicted octanol–water partition coefficient (Wildman–Crippen LogP) is 2.32. The summed E-state index contributed by atoms with van der Waals surface area (Å²) in [6.45, 7) is 4.29. The van der Waals surface area contributed by atoms with E-state index >= 15 is 0 Å². The van der Waals surface area contributed by atoms with Gasteiger partial charge in [-0.15, -0.1) is 0 Å². The van der Waals surface area contributed by atoms with Gasteiger partial charge in [0.05, 0.1) is 0 Å². The van der Waals surface area contributed by atoms with Gasteiger partial charge < -0.3 is 15.2 Å². The third kappa shape index (κ3) is 5.19. The monoisotopic (exact) mass is 251 g/mol. The second-order valence-electron chi connectivity index (χ2n) is 4.48. The lowest BCUT2D eigenvalue weighted by atomic mass is 10.0. The number of hydrogen-bond donors (Lipinski definition) is 2. The highest BCUT2D eigenvalue weighted by Gasteiger charge is 2.14. The molecule has 18 heavy (non-hydrogen) atoms. The van der Waals surface area contributed by atoms with Crippen LogP contribution in [0.15, 0.2) is 30.3 Å². The first-order chi connectivity index (χ1) is 8.63. The highest BCUT2D eigenvalue weighted by molar-refractivity contribution is 5.67. The highest BCUT2D eigenvalue weighted by Crippen LogP contribution is 2.07. The van der Waals surface area contributed by atoms with Gasteiger partial charge >= 0.3 is 6.09 Å². The second kappa shape index (κ2) is 7.71. The lowest BCUT2D eigenvalue weighted by Crippen LogP contribution is -2.37. The van der Waals surface area contributed by atoms with Gasteiger partial charge in [0.2, 0.25) is 0 Å². The molecule has 0 unspecified atom stereocenters. The molecule has 0 aromatic heterocycles. The number of alkyl carbamates (subject to hydrolysis) is 1. The lowest BCUT2D eigenvalue weighted by molar-refractivity contribution is 0.131. The van der Waals surface area contributed by atoms with E-state index in [-0.39, 0.29) is 25.2 Å². The van der Waals surface area contributed by atoms with Crippen molar-refractivity contribution in [1.29, 1.82) is 0 Å². The summed E-state index contributed by atoms with van der Waals surface area (Å²) in [7, 11) is 0. The zero-order valence-corrected chi connectivity index (χ0v) is 10.9. The summed E-state index contributed by atoms with van der Waals surface area (Å²) in [5.41, 5.74) is 0.962. The maximum atomic E-state index is 11.5. The van der Waals surface area contributed by atoms with Crippen LogP contribution in [0.3, 0.4) is 0 Å². The van der Waals surface area contributed by atoms with Crippen LogP contribution in [0.4, 0.5) is 4.79 Å². The molecule has 0 heterocycles. The summed E-state index contributed by atoms with van der Waals surface area (Å²) >= 11 is 0. The average molecular weight is 251 g/mol. The number of aliphatic hydroxyl groups is 1. The van der Waals surface area contributed by atoms with Crippen LogP contribution in [0, 0.1) is 5.92 Å². The van der Waals surface area contributed by atoms with Gasteiger partial charge in [-0.05, 0) is 24.8 Å². The van der Waals surface area contributed by atoms with Crippen LogP contribution in [0.25, 0.3) is 0 Å². The van der Waals surface area contributed by atoms with Crippen molar-refractivity contribution in [3.8, 4) is 0 Å². The maximum Gasteiger partial charge on any atom is 0.407 e. The standard InChI is InChI=1S/C14H21NO3/c1-11(8-9-16)12(2)15-14(17)18-10-13-6-4-3-5-7-13/h3-7,11-12,16H,8-10H2,1-2H3,(H,15,17)/t11-,12+/m1/s1. The molecule has 100 valence electrons. The third-order valence-corrected chi connectivity index (χ3v) is 3.00. The summed E-state index contributed by atoms with van der Waals surface area (Å²) < 4.78 is 5.11. The molecule has 0 aliphatic heterocycles. The van der Waals surface area contributed by atoms with Gasteiger partial charge in [0.1, 0.15) is 6.61 Å². The van der Waals surface area contributed by atoms with Crippen LogP contribution in [0.5, 0.6) is 0 Å². The molecule has 0 fully saturated rings. The minimum absolute atomic E-state index is 0.0135. The number of carbonyl (C=O) groups is 1. The first-order valence-corrected chi connectivity index (χ1v) is 6.21. The molecule has 1 aromatic carbocycles. The van der Waals surface area contributed by atoms with E-state index < -0.39 is 6.09 Å².